The Hall–Kier alpha value is -2.37. The maximum Gasteiger partial charge on any atom is 0.261 e. The quantitative estimate of drug-likeness (QED) is 0.697. The molecule has 0 saturated carbocycles. The molecule has 3 rings (SSSR count). The Balaban J connectivity index is 1.74. The first-order valence-corrected chi connectivity index (χ1v) is 9.29. The summed E-state index contributed by atoms with van der Waals surface area (Å²) in [4.78, 5) is 16.8. The summed E-state index contributed by atoms with van der Waals surface area (Å²) in [5.41, 5.74) is 2.37. The first kappa shape index (κ1) is 19.4. The Bertz CT molecular complexity index is 1010. The van der Waals surface area contributed by atoms with Crippen molar-refractivity contribution in [2.45, 2.75) is 39.3 Å². The highest BCUT2D eigenvalue weighted by Gasteiger charge is 2.14. The molecule has 0 spiro atoms. The number of aliphatic hydroxyl groups is 1. The number of aryl methyl sites for hydroxylation is 1. The third-order valence-corrected chi connectivity index (χ3v) is 4.89. The minimum absolute atomic E-state index is 0.0695. The molecule has 0 saturated heterocycles. The van der Waals surface area contributed by atoms with Crippen LogP contribution in [0, 0.1) is 6.92 Å². The lowest BCUT2D eigenvalue weighted by Gasteiger charge is -2.18. The number of para-hydroxylation sites is 1. The van der Waals surface area contributed by atoms with Gasteiger partial charge in [0.1, 0.15) is 18.5 Å². The van der Waals surface area contributed by atoms with Gasteiger partial charge < -0.3 is 9.84 Å². The Morgan fingerprint density at radius 3 is 2.74 bits per heavy atom. The Morgan fingerprint density at radius 1 is 1.26 bits per heavy atom. The van der Waals surface area contributed by atoms with E-state index in [4.69, 9.17) is 16.3 Å². The van der Waals surface area contributed by atoms with Gasteiger partial charge in [0.15, 0.2) is 0 Å². The van der Waals surface area contributed by atoms with Crippen LogP contribution in [-0.2, 0) is 6.54 Å². The van der Waals surface area contributed by atoms with Crippen molar-refractivity contribution in [3.8, 4) is 5.75 Å². The fourth-order valence-corrected chi connectivity index (χ4v) is 3.12. The highest BCUT2D eigenvalue weighted by atomic mass is 35.5. The van der Waals surface area contributed by atoms with Crippen LogP contribution in [0.5, 0.6) is 5.75 Å². The van der Waals surface area contributed by atoms with E-state index >= 15 is 0 Å². The van der Waals surface area contributed by atoms with Gasteiger partial charge in [0.2, 0.25) is 0 Å². The molecule has 0 radical (unpaired) electrons. The van der Waals surface area contributed by atoms with Crippen LogP contribution in [0.15, 0.2) is 47.5 Å². The van der Waals surface area contributed by atoms with Gasteiger partial charge in [-0.1, -0.05) is 37.6 Å². The van der Waals surface area contributed by atoms with E-state index < -0.39 is 6.10 Å². The van der Waals surface area contributed by atoms with Crippen molar-refractivity contribution in [3.63, 3.8) is 0 Å². The molecule has 1 atom stereocenters. The van der Waals surface area contributed by atoms with Crippen LogP contribution in [0.25, 0.3) is 10.9 Å². The van der Waals surface area contributed by atoms with Gasteiger partial charge >= 0.3 is 0 Å². The van der Waals surface area contributed by atoms with Crippen LogP contribution in [0.4, 0.5) is 0 Å². The van der Waals surface area contributed by atoms with E-state index in [1.54, 1.807) is 18.2 Å². The standard InChI is InChI=1S/C21H23ClN2O3/c1-13(2)17-9-18(22)14(3)8-20(17)27-11-15(25)10-24-12-23-19-7-5-4-6-16(19)21(24)26/h4-9,12-13,15,25H,10-11H2,1-3H3. The van der Waals surface area contributed by atoms with E-state index in [1.165, 1.54) is 10.9 Å². The van der Waals surface area contributed by atoms with Gasteiger partial charge in [0, 0.05) is 5.02 Å². The topological polar surface area (TPSA) is 64.3 Å². The monoisotopic (exact) mass is 386 g/mol. The number of halogens is 1. The summed E-state index contributed by atoms with van der Waals surface area (Å²) in [6, 6.07) is 10.9. The minimum atomic E-state index is -0.846. The molecule has 1 heterocycles. The molecule has 0 amide bonds. The molecular formula is C21H23ClN2O3. The number of aliphatic hydroxyl groups excluding tert-OH is 1. The number of rotatable bonds is 6. The van der Waals surface area contributed by atoms with Crippen molar-refractivity contribution >= 4 is 22.5 Å². The summed E-state index contributed by atoms with van der Waals surface area (Å²) >= 11 is 6.22. The molecule has 0 aliphatic heterocycles. The van der Waals surface area contributed by atoms with E-state index in [2.05, 4.69) is 18.8 Å². The highest BCUT2D eigenvalue weighted by Crippen LogP contribution is 2.32. The molecule has 2 aromatic carbocycles. The first-order valence-electron chi connectivity index (χ1n) is 8.92. The summed E-state index contributed by atoms with van der Waals surface area (Å²) in [6.45, 7) is 6.21. The van der Waals surface area contributed by atoms with Gasteiger partial charge in [0.05, 0.1) is 23.8 Å². The molecule has 27 heavy (non-hydrogen) atoms. The van der Waals surface area contributed by atoms with Crippen LogP contribution in [0.3, 0.4) is 0 Å². The maximum absolute atomic E-state index is 12.5. The van der Waals surface area contributed by atoms with E-state index in [-0.39, 0.29) is 24.6 Å². The lowest BCUT2D eigenvalue weighted by Crippen LogP contribution is -2.30. The number of benzene rings is 2. The molecule has 0 aliphatic carbocycles. The third-order valence-electron chi connectivity index (χ3n) is 4.48. The first-order chi connectivity index (χ1) is 12.9. The Kier molecular flexibility index (Phi) is 5.82. The second-order valence-corrected chi connectivity index (χ2v) is 7.39. The fourth-order valence-electron chi connectivity index (χ4n) is 2.95. The van der Waals surface area contributed by atoms with E-state index in [1.807, 2.05) is 25.1 Å². The van der Waals surface area contributed by atoms with Crippen LogP contribution >= 0.6 is 11.6 Å². The molecule has 3 aromatic rings. The second kappa shape index (κ2) is 8.11. The minimum Gasteiger partial charge on any atom is -0.491 e. The largest absolute Gasteiger partial charge is 0.491 e. The number of nitrogens with zero attached hydrogens (tertiary/aromatic N) is 2. The van der Waals surface area contributed by atoms with Gasteiger partial charge in [-0.3, -0.25) is 9.36 Å². The summed E-state index contributed by atoms with van der Waals surface area (Å²) in [6.07, 6.45) is 0.613. The molecule has 1 unspecified atom stereocenters. The molecule has 1 N–H and O–H groups in total. The van der Waals surface area contributed by atoms with Gasteiger partial charge in [-0.05, 0) is 48.2 Å². The SMILES string of the molecule is Cc1cc(OCC(O)Cn2cnc3ccccc3c2=O)c(C(C)C)cc1Cl. The van der Waals surface area contributed by atoms with Crippen molar-refractivity contribution < 1.29 is 9.84 Å². The van der Waals surface area contributed by atoms with Crippen molar-refractivity contribution in [3.05, 3.63) is 69.2 Å². The maximum atomic E-state index is 12.5. The average molecular weight is 387 g/mol. The summed E-state index contributed by atoms with van der Waals surface area (Å²) in [5.74, 6) is 0.942. The molecule has 1 aromatic heterocycles. The molecule has 0 bridgehead atoms. The van der Waals surface area contributed by atoms with Gasteiger partial charge in [-0.25, -0.2) is 4.98 Å². The molecule has 142 valence electrons. The van der Waals surface area contributed by atoms with Gasteiger partial charge in [-0.15, -0.1) is 0 Å². The zero-order valence-electron chi connectivity index (χ0n) is 15.6. The number of hydrogen-bond donors (Lipinski definition) is 1. The summed E-state index contributed by atoms with van der Waals surface area (Å²) in [7, 11) is 0. The third kappa shape index (κ3) is 4.31. The van der Waals surface area contributed by atoms with Crippen LogP contribution in [0.2, 0.25) is 5.02 Å². The van der Waals surface area contributed by atoms with Gasteiger partial charge in [-0.2, -0.15) is 0 Å². The smallest absolute Gasteiger partial charge is 0.261 e. The van der Waals surface area contributed by atoms with E-state index in [0.717, 1.165) is 11.1 Å². The molecule has 5 nitrogen and oxygen atoms in total. The predicted molar refractivity (Wildman–Crippen MR) is 108 cm³/mol. The number of hydrogen-bond acceptors (Lipinski definition) is 4. The zero-order chi connectivity index (χ0) is 19.6. The zero-order valence-corrected chi connectivity index (χ0v) is 16.4. The second-order valence-electron chi connectivity index (χ2n) is 6.98. The molecular weight excluding hydrogens is 364 g/mol. The van der Waals surface area contributed by atoms with Crippen molar-refractivity contribution in [1.82, 2.24) is 9.55 Å². The fraction of sp³-hybridized carbons (Fsp3) is 0.333. The van der Waals surface area contributed by atoms with E-state index in [0.29, 0.717) is 21.7 Å². The Labute approximate surface area is 163 Å². The van der Waals surface area contributed by atoms with Crippen molar-refractivity contribution in [1.29, 1.82) is 0 Å². The predicted octanol–water partition coefficient (Wildman–Crippen LogP) is 3.92. The summed E-state index contributed by atoms with van der Waals surface area (Å²) in [5, 5.41) is 11.6. The highest BCUT2D eigenvalue weighted by molar-refractivity contribution is 6.31. The molecule has 0 aliphatic rings. The van der Waals surface area contributed by atoms with E-state index in [9.17, 15) is 9.90 Å². The lowest BCUT2D eigenvalue weighted by atomic mass is 10.0. The molecule has 6 heteroatoms. The van der Waals surface area contributed by atoms with Crippen LogP contribution in [-0.4, -0.2) is 27.4 Å². The number of aromatic nitrogens is 2. The number of ether oxygens (including phenoxy) is 1. The number of fused-ring (bicyclic) bond motifs is 1. The van der Waals surface area contributed by atoms with Crippen LogP contribution in [0.1, 0.15) is 30.9 Å². The summed E-state index contributed by atoms with van der Waals surface area (Å²) < 4.78 is 7.26. The van der Waals surface area contributed by atoms with Crippen LogP contribution < -0.4 is 10.3 Å². The van der Waals surface area contributed by atoms with Gasteiger partial charge in [0.25, 0.3) is 5.56 Å². The average Bonchev–Trinajstić information content (AvgIpc) is 2.64. The van der Waals surface area contributed by atoms with Crippen molar-refractivity contribution in [2.24, 2.45) is 0 Å². The Morgan fingerprint density at radius 2 is 2.00 bits per heavy atom. The van der Waals surface area contributed by atoms with Crippen molar-refractivity contribution in [2.75, 3.05) is 6.61 Å². The normalized spacial score (nSPS) is 12.5. The molecule has 0 fully saturated rings. The lowest BCUT2D eigenvalue weighted by molar-refractivity contribution is 0.0908.